The molecule has 0 radical (unpaired) electrons. The maximum absolute atomic E-state index is 11.3. The Labute approximate surface area is 146 Å². The van der Waals surface area contributed by atoms with Crippen LogP contribution in [0, 0.1) is 23.7 Å². The number of carbonyl (C=O) groups excluding carboxylic acids is 1. The summed E-state index contributed by atoms with van der Waals surface area (Å²) in [5.41, 5.74) is 0. The minimum atomic E-state index is -0.450. The molecule has 7 aliphatic rings. The highest BCUT2D eigenvalue weighted by Gasteiger charge is 2.63. The van der Waals surface area contributed by atoms with Crippen LogP contribution in [0.25, 0.3) is 0 Å². The highest BCUT2D eigenvalue weighted by molar-refractivity contribution is 5.76. The van der Waals surface area contributed by atoms with Gasteiger partial charge in [0.15, 0.2) is 6.10 Å². The Bertz CT molecular complexity index is 552. The molecule has 7 bridgehead atoms. The molecule has 7 heterocycles. The number of fused-ring (bicyclic) bond motifs is 2. The third-order valence-corrected chi connectivity index (χ3v) is 7.06. The van der Waals surface area contributed by atoms with Crippen LogP contribution in [0.2, 0.25) is 0 Å². The molecule has 0 aromatic carbocycles. The second kappa shape index (κ2) is 5.39. The summed E-state index contributed by atoms with van der Waals surface area (Å²) in [7, 11) is 0. The van der Waals surface area contributed by atoms with Crippen molar-refractivity contribution in [2.45, 2.75) is 82.8 Å². The summed E-state index contributed by atoms with van der Waals surface area (Å²) < 4.78 is 27.8. The van der Waals surface area contributed by atoms with E-state index < -0.39 is 12.4 Å². The van der Waals surface area contributed by atoms with Gasteiger partial charge in [0.2, 0.25) is 6.29 Å². The highest BCUT2D eigenvalue weighted by Crippen LogP contribution is 2.49. The van der Waals surface area contributed by atoms with Gasteiger partial charge in [0, 0.05) is 23.7 Å². The summed E-state index contributed by atoms with van der Waals surface area (Å²) in [6, 6.07) is 0. The number of aliphatic hydroxyl groups excluding tert-OH is 1. The molecule has 7 aliphatic heterocycles. The number of esters is 1. The van der Waals surface area contributed by atoms with Crippen LogP contribution < -0.4 is 0 Å². The van der Waals surface area contributed by atoms with Crippen LogP contribution in [0.15, 0.2) is 0 Å². The largest absolute Gasteiger partial charge is 0.431 e. The van der Waals surface area contributed by atoms with Crippen LogP contribution in [0.1, 0.15) is 27.7 Å². The van der Waals surface area contributed by atoms with E-state index in [0.29, 0.717) is 23.9 Å². The molecule has 0 saturated carbocycles. The highest BCUT2D eigenvalue weighted by atomic mass is 16.8. The molecule has 25 heavy (non-hydrogen) atoms. The van der Waals surface area contributed by atoms with E-state index in [0.717, 1.165) is 0 Å². The zero-order chi connectivity index (χ0) is 17.6. The maximum atomic E-state index is 11.3. The van der Waals surface area contributed by atoms with Crippen molar-refractivity contribution in [1.29, 1.82) is 0 Å². The summed E-state index contributed by atoms with van der Waals surface area (Å²) in [6.07, 6.45) is -0.663. The predicted molar refractivity (Wildman–Crippen MR) is 83.4 cm³/mol. The molecule has 7 nitrogen and oxygen atoms in total. The first-order chi connectivity index (χ1) is 11.9. The number of carbonyl (C=O) groups is 1. The predicted octanol–water partition coefficient (Wildman–Crippen LogP) is 0.476. The first-order valence-electron chi connectivity index (χ1n) is 9.39. The molecule has 13 atom stereocenters. The second-order valence-corrected chi connectivity index (χ2v) is 8.48. The minimum absolute atomic E-state index is 0.0359. The average Bonchev–Trinajstić information content (AvgIpc) is 3.05. The standard InChI is InChI=1S/C9H12O4.C9H14O3/c1-3-5-4(2)7-9(12-5)13-8(10)6(3)11-7;1-3-6-4(2)8-9(11-6)5(10)7(3)12-8/h3-7,9H,1-2H3;3-10H,1-2H3/t3-,4+,5+,6+,7-,9?;3-,4+,5+,6+,7+,8-,9?/m11/s1. The number of rotatable bonds is 0. The molecule has 0 spiro atoms. The Balaban J connectivity index is 0.000000112. The number of aliphatic hydroxyl groups is 1. The lowest BCUT2D eigenvalue weighted by atomic mass is 9.84. The van der Waals surface area contributed by atoms with Crippen molar-refractivity contribution in [3.8, 4) is 0 Å². The van der Waals surface area contributed by atoms with Crippen molar-refractivity contribution < 1.29 is 33.6 Å². The van der Waals surface area contributed by atoms with Crippen molar-refractivity contribution >= 4 is 5.97 Å². The Hall–Kier alpha value is -0.730. The molecule has 7 rings (SSSR count). The topological polar surface area (TPSA) is 83.5 Å². The summed E-state index contributed by atoms with van der Waals surface area (Å²) in [4.78, 5) is 11.3. The summed E-state index contributed by atoms with van der Waals surface area (Å²) in [6.45, 7) is 8.32. The van der Waals surface area contributed by atoms with Crippen LogP contribution in [-0.2, 0) is 28.5 Å². The van der Waals surface area contributed by atoms with E-state index in [4.69, 9.17) is 23.7 Å². The van der Waals surface area contributed by atoms with Crippen molar-refractivity contribution in [2.24, 2.45) is 23.7 Å². The lowest BCUT2D eigenvalue weighted by Gasteiger charge is -2.38. The quantitative estimate of drug-likeness (QED) is 0.633. The molecule has 140 valence electrons. The fourth-order valence-corrected chi connectivity index (χ4v) is 5.61. The smallest absolute Gasteiger partial charge is 0.338 e. The molecular formula is C18H26O7. The second-order valence-electron chi connectivity index (χ2n) is 8.48. The normalized spacial score (nSPS) is 62.8. The molecule has 0 amide bonds. The SMILES string of the molecule is C[C@@H]1[C@@H]2OC3OC(=O)[C@H]1O[C@@H]3[C@H]2C.C[C@@H]1[C@@H]2OC3[C@@H](O)[C@H]1O[C@@H]3[C@H]2C. The van der Waals surface area contributed by atoms with Gasteiger partial charge >= 0.3 is 5.97 Å². The molecule has 1 N–H and O–H groups in total. The molecule has 7 heteroatoms. The summed E-state index contributed by atoms with van der Waals surface area (Å²) in [5.74, 6) is 1.00. The van der Waals surface area contributed by atoms with Crippen LogP contribution in [0.3, 0.4) is 0 Å². The van der Waals surface area contributed by atoms with E-state index in [2.05, 4.69) is 20.8 Å². The third kappa shape index (κ3) is 2.07. The van der Waals surface area contributed by atoms with E-state index in [1.54, 1.807) is 0 Å². The third-order valence-electron chi connectivity index (χ3n) is 7.06. The molecule has 0 aromatic heterocycles. The Morgan fingerprint density at radius 2 is 1.28 bits per heavy atom. The van der Waals surface area contributed by atoms with Gasteiger partial charge < -0.3 is 28.8 Å². The van der Waals surface area contributed by atoms with Crippen molar-refractivity contribution in [2.75, 3.05) is 0 Å². The Kier molecular flexibility index (Phi) is 3.55. The number of hydrogen-bond acceptors (Lipinski definition) is 7. The van der Waals surface area contributed by atoms with Gasteiger partial charge in [0.1, 0.15) is 18.3 Å². The van der Waals surface area contributed by atoms with Gasteiger partial charge in [0.25, 0.3) is 0 Å². The average molecular weight is 354 g/mol. The van der Waals surface area contributed by atoms with Gasteiger partial charge in [-0.2, -0.15) is 0 Å². The fraction of sp³-hybridized carbons (Fsp3) is 0.944. The fourth-order valence-electron chi connectivity index (χ4n) is 5.61. The minimum Gasteiger partial charge on any atom is -0.431 e. The van der Waals surface area contributed by atoms with Crippen molar-refractivity contribution in [1.82, 2.24) is 0 Å². The van der Waals surface area contributed by atoms with E-state index in [-0.39, 0.29) is 48.5 Å². The monoisotopic (exact) mass is 354 g/mol. The Morgan fingerprint density at radius 1 is 0.680 bits per heavy atom. The van der Waals surface area contributed by atoms with E-state index in [1.807, 2.05) is 6.92 Å². The van der Waals surface area contributed by atoms with Crippen LogP contribution in [0.5, 0.6) is 0 Å². The first kappa shape index (κ1) is 16.4. The number of hydrogen-bond donors (Lipinski definition) is 1. The van der Waals surface area contributed by atoms with Crippen LogP contribution in [-0.4, -0.2) is 66.2 Å². The zero-order valence-electron chi connectivity index (χ0n) is 14.9. The summed E-state index contributed by atoms with van der Waals surface area (Å²) >= 11 is 0. The van der Waals surface area contributed by atoms with Crippen LogP contribution in [0.4, 0.5) is 0 Å². The van der Waals surface area contributed by atoms with Gasteiger partial charge in [-0.3, -0.25) is 0 Å². The molecule has 7 fully saturated rings. The van der Waals surface area contributed by atoms with Gasteiger partial charge in [-0.1, -0.05) is 27.7 Å². The van der Waals surface area contributed by atoms with Gasteiger partial charge in [-0.05, 0) is 0 Å². The lowest BCUT2D eigenvalue weighted by molar-refractivity contribution is -0.225. The lowest BCUT2D eigenvalue weighted by Crippen LogP contribution is -2.53. The van der Waals surface area contributed by atoms with E-state index >= 15 is 0 Å². The van der Waals surface area contributed by atoms with Gasteiger partial charge in [-0.25, -0.2) is 4.79 Å². The van der Waals surface area contributed by atoms with Crippen molar-refractivity contribution in [3.63, 3.8) is 0 Å². The molecule has 0 aromatic rings. The van der Waals surface area contributed by atoms with Crippen molar-refractivity contribution in [3.05, 3.63) is 0 Å². The Morgan fingerprint density at radius 3 is 2.00 bits per heavy atom. The molecule has 7 saturated heterocycles. The summed E-state index contributed by atoms with van der Waals surface area (Å²) in [5, 5.41) is 9.74. The zero-order valence-corrected chi connectivity index (χ0v) is 14.9. The molecule has 2 unspecified atom stereocenters. The van der Waals surface area contributed by atoms with E-state index in [9.17, 15) is 9.90 Å². The molecular weight excluding hydrogens is 328 g/mol. The van der Waals surface area contributed by atoms with Gasteiger partial charge in [0.05, 0.1) is 24.4 Å². The molecule has 0 aliphatic carbocycles. The van der Waals surface area contributed by atoms with Crippen LogP contribution >= 0.6 is 0 Å². The number of ether oxygens (including phenoxy) is 5. The maximum Gasteiger partial charge on any atom is 0.338 e. The van der Waals surface area contributed by atoms with Gasteiger partial charge in [-0.15, -0.1) is 0 Å². The first-order valence-corrected chi connectivity index (χ1v) is 9.39. The van der Waals surface area contributed by atoms with E-state index in [1.165, 1.54) is 0 Å².